The number of carbonyl (C=O) groups excluding carboxylic acids is 1. The number of thioether (sulfide) groups is 1. The fourth-order valence-electron chi connectivity index (χ4n) is 2.35. The van der Waals surface area contributed by atoms with Gasteiger partial charge in [0.2, 0.25) is 5.91 Å². The summed E-state index contributed by atoms with van der Waals surface area (Å²) in [5, 5.41) is 3.67. The topological polar surface area (TPSA) is 89.8 Å². The van der Waals surface area contributed by atoms with Crippen LogP contribution in [-0.2, 0) is 17.8 Å². The lowest BCUT2D eigenvalue weighted by Crippen LogP contribution is -2.33. The van der Waals surface area contributed by atoms with Crippen LogP contribution in [0.5, 0.6) is 0 Å². The molecule has 0 aliphatic carbocycles. The van der Waals surface area contributed by atoms with Crippen LogP contribution in [0.1, 0.15) is 5.56 Å². The lowest BCUT2D eigenvalue weighted by atomic mass is 10.1. The molecule has 0 bridgehead atoms. The second-order valence-corrected chi connectivity index (χ2v) is 6.13. The molecule has 0 radical (unpaired) electrons. The molecule has 0 aliphatic rings. The summed E-state index contributed by atoms with van der Waals surface area (Å²) in [5.74, 6) is -0.235. The Morgan fingerprint density at radius 3 is 2.80 bits per heavy atom. The van der Waals surface area contributed by atoms with Crippen molar-refractivity contribution in [3.8, 4) is 0 Å². The zero-order chi connectivity index (χ0) is 17.6. The molecular formula is C17H17N5O2S. The van der Waals surface area contributed by atoms with Gasteiger partial charge in [0.1, 0.15) is 18.3 Å². The quantitative estimate of drug-likeness (QED) is 0.529. The van der Waals surface area contributed by atoms with Crippen molar-refractivity contribution < 1.29 is 4.79 Å². The van der Waals surface area contributed by atoms with Gasteiger partial charge < -0.3 is 5.32 Å². The second-order valence-electron chi connectivity index (χ2n) is 5.36. The number of nitrogens with zero attached hydrogens (tertiary/aromatic N) is 4. The smallest absolute Gasteiger partial charge is 0.264 e. The maximum atomic E-state index is 12.4. The van der Waals surface area contributed by atoms with Crippen molar-refractivity contribution in [2.75, 3.05) is 12.8 Å². The molecule has 25 heavy (non-hydrogen) atoms. The van der Waals surface area contributed by atoms with Crippen LogP contribution in [-0.4, -0.2) is 38.2 Å². The number of nitrogens with one attached hydrogen (secondary N) is 1. The monoisotopic (exact) mass is 355 g/mol. The maximum absolute atomic E-state index is 12.4. The fourth-order valence-corrected chi connectivity index (χ4v) is 2.69. The third-order valence-corrected chi connectivity index (χ3v) is 4.19. The first-order valence-corrected chi connectivity index (χ1v) is 8.96. The van der Waals surface area contributed by atoms with Crippen LogP contribution < -0.4 is 10.9 Å². The summed E-state index contributed by atoms with van der Waals surface area (Å²) in [6.45, 7) is 0.430. The number of fused-ring (bicyclic) bond motifs is 1. The van der Waals surface area contributed by atoms with E-state index in [1.807, 2.05) is 36.6 Å². The Hall–Kier alpha value is -2.74. The molecule has 0 aliphatic heterocycles. The Labute approximate surface area is 148 Å². The van der Waals surface area contributed by atoms with E-state index in [-0.39, 0.29) is 18.0 Å². The zero-order valence-corrected chi connectivity index (χ0v) is 14.5. The van der Waals surface area contributed by atoms with Crippen LogP contribution in [0.25, 0.3) is 11.0 Å². The summed E-state index contributed by atoms with van der Waals surface area (Å²) in [5.41, 5.74) is 1.16. The maximum Gasteiger partial charge on any atom is 0.264 e. The largest absolute Gasteiger partial charge is 0.354 e. The van der Waals surface area contributed by atoms with Crippen LogP contribution in [0.2, 0.25) is 0 Å². The molecule has 0 saturated carbocycles. The van der Waals surface area contributed by atoms with E-state index < -0.39 is 0 Å². The standard InChI is InChI=1S/C17H17N5O2S/c1-25-17-19-9-13-15(21-17)20-11-22(16(13)24)10-14(23)18-8-7-12-5-3-2-4-6-12/h2-6,9,11H,7-8,10H2,1H3,(H,18,23). The highest BCUT2D eigenvalue weighted by molar-refractivity contribution is 7.98. The number of carbonyl (C=O) groups is 1. The number of benzene rings is 1. The van der Waals surface area contributed by atoms with E-state index in [9.17, 15) is 9.59 Å². The third kappa shape index (κ3) is 4.21. The van der Waals surface area contributed by atoms with Crippen molar-refractivity contribution in [1.82, 2.24) is 24.8 Å². The number of rotatable bonds is 6. The van der Waals surface area contributed by atoms with Crippen LogP contribution in [0.4, 0.5) is 0 Å². The number of hydrogen-bond acceptors (Lipinski definition) is 6. The van der Waals surface area contributed by atoms with Gasteiger partial charge in [-0.3, -0.25) is 14.2 Å². The molecule has 1 aromatic carbocycles. The van der Waals surface area contributed by atoms with Crippen LogP contribution in [0, 0.1) is 0 Å². The minimum Gasteiger partial charge on any atom is -0.354 e. The highest BCUT2D eigenvalue weighted by Gasteiger charge is 2.10. The van der Waals surface area contributed by atoms with Crippen LogP contribution >= 0.6 is 11.8 Å². The number of amides is 1. The first-order chi connectivity index (χ1) is 12.2. The van der Waals surface area contributed by atoms with Crippen molar-refractivity contribution in [3.05, 3.63) is 58.8 Å². The molecule has 0 saturated heterocycles. The molecule has 8 heteroatoms. The molecule has 3 rings (SSSR count). The van der Waals surface area contributed by atoms with Gasteiger partial charge >= 0.3 is 0 Å². The van der Waals surface area contributed by atoms with Gasteiger partial charge in [-0.15, -0.1) is 0 Å². The molecular weight excluding hydrogens is 338 g/mol. The summed E-state index contributed by atoms with van der Waals surface area (Å²) in [6.07, 6.45) is 5.39. The van der Waals surface area contributed by atoms with E-state index in [4.69, 9.17) is 0 Å². The predicted octanol–water partition coefficient (Wildman–Crippen LogP) is 1.27. The van der Waals surface area contributed by atoms with Gasteiger partial charge in [0.25, 0.3) is 5.56 Å². The van der Waals surface area contributed by atoms with E-state index in [2.05, 4.69) is 20.3 Å². The van der Waals surface area contributed by atoms with E-state index in [0.29, 0.717) is 22.7 Å². The summed E-state index contributed by atoms with van der Waals surface area (Å²) in [6, 6.07) is 9.89. The average molecular weight is 355 g/mol. The van der Waals surface area contributed by atoms with Crippen molar-refractivity contribution in [2.45, 2.75) is 18.1 Å². The van der Waals surface area contributed by atoms with Gasteiger partial charge in [0, 0.05) is 12.7 Å². The molecule has 2 heterocycles. The fraction of sp³-hybridized carbons (Fsp3) is 0.235. The highest BCUT2D eigenvalue weighted by atomic mass is 32.2. The Bertz CT molecular complexity index is 943. The van der Waals surface area contributed by atoms with E-state index in [1.165, 1.54) is 28.9 Å². The lowest BCUT2D eigenvalue weighted by molar-refractivity contribution is -0.121. The number of hydrogen-bond donors (Lipinski definition) is 1. The van der Waals surface area contributed by atoms with Crippen molar-refractivity contribution >= 4 is 28.7 Å². The zero-order valence-electron chi connectivity index (χ0n) is 13.7. The van der Waals surface area contributed by atoms with Gasteiger partial charge in [-0.05, 0) is 18.2 Å². The van der Waals surface area contributed by atoms with E-state index >= 15 is 0 Å². The minimum absolute atomic E-state index is 0.0825. The van der Waals surface area contributed by atoms with Gasteiger partial charge in [-0.1, -0.05) is 42.1 Å². The van der Waals surface area contributed by atoms with Crippen LogP contribution in [0.3, 0.4) is 0 Å². The summed E-state index contributed by atoms with van der Waals surface area (Å²) in [7, 11) is 0. The van der Waals surface area contributed by atoms with Gasteiger partial charge in [-0.25, -0.2) is 15.0 Å². The first-order valence-electron chi connectivity index (χ1n) is 7.74. The normalized spacial score (nSPS) is 10.8. The van der Waals surface area contributed by atoms with E-state index in [0.717, 1.165) is 12.0 Å². The summed E-state index contributed by atoms with van der Waals surface area (Å²) < 4.78 is 1.27. The van der Waals surface area contributed by atoms with Crippen molar-refractivity contribution in [1.29, 1.82) is 0 Å². The highest BCUT2D eigenvalue weighted by Crippen LogP contribution is 2.10. The molecule has 0 unspecified atom stereocenters. The van der Waals surface area contributed by atoms with Crippen molar-refractivity contribution in [3.63, 3.8) is 0 Å². The second kappa shape index (κ2) is 7.89. The summed E-state index contributed by atoms with van der Waals surface area (Å²) >= 11 is 1.38. The molecule has 7 nitrogen and oxygen atoms in total. The minimum atomic E-state index is -0.323. The number of aromatic nitrogens is 4. The molecule has 0 spiro atoms. The molecule has 2 aromatic heterocycles. The SMILES string of the molecule is CSc1ncc2c(=O)n(CC(=O)NCCc3ccccc3)cnc2n1. The van der Waals surface area contributed by atoms with E-state index in [1.54, 1.807) is 0 Å². The van der Waals surface area contributed by atoms with Gasteiger partial charge in [0.15, 0.2) is 10.8 Å². The Balaban J connectivity index is 1.65. The predicted molar refractivity (Wildman–Crippen MR) is 96.5 cm³/mol. The van der Waals surface area contributed by atoms with Crippen molar-refractivity contribution in [2.24, 2.45) is 0 Å². The Morgan fingerprint density at radius 2 is 2.04 bits per heavy atom. The Morgan fingerprint density at radius 1 is 1.24 bits per heavy atom. The Kier molecular flexibility index (Phi) is 5.39. The first kappa shape index (κ1) is 17.1. The molecule has 1 N–H and O–H groups in total. The molecule has 128 valence electrons. The van der Waals surface area contributed by atoms with Gasteiger partial charge in [-0.2, -0.15) is 0 Å². The van der Waals surface area contributed by atoms with Gasteiger partial charge in [0.05, 0.1) is 0 Å². The molecule has 0 fully saturated rings. The molecule has 3 aromatic rings. The average Bonchev–Trinajstić information content (AvgIpc) is 2.64. The lowest BCUT2D eigenvalue weighted by Gasteiger charge is -2.08. The van der Waals surface area contributed by atoms with Crippen LogP contribution in [0.15, 0.2) is 52.8 Å². The molecule has 0 atom stereocenters. The summed E-state index contributed by atoms with van der Waals surface area (Å²) in [4.78, 5) is 36.9. The molecule has 1 amide bonds. The third-order valence-electron chi connectivity index (χ3n) is 3.63.